The number of imidazole rings is 1. The van der Waals surface area contributed by atoms with E-state index in [1.165, 1.54) is 0 Å². The maximum atomic E-state index is 6.48. The molecule has 4 aromatic rings. The summed E-state index contributed by atoms with van der Waals surface area (Å²) in [7, 11) is 1.94. The van der Waals surface area contributed by atoms with Crippen molar-refractivity contribution < 1.29 is 9.47 Å². The van der Waals surface area contributed by atoms with Crippen molar-refractivity contribution in [1.82, 2.24) is 29.5 Å². The van der Waals surface area contributed by atoms with Crippen LogP contribution in [0.15, 0.2) is 36.9 Å². The van der Waals surface area contributed by atoms with Crippen LogP contribution in [0.25, 0.3) is 22.1 Å². The first kappa shape index (κ1) is 21.0. The number of ether oxygens (including phenoxy) is 2. The quantitative estimate of drug-likeness (QED) is 0.481. The largest absolute Gasteiger partial charge is 0.474 e. The first-order valence-corrected chi connectivity index (χ1v) is 11.9. The Hall–Kier alpha value is -3.53. The second kappa shape index (κ2) is 9.02. The van der Waals surface area contributed by atoms with Gasteiger partial charge in [0.05, 0.1) is 36.6 Å². The van der Waals surface area contributed by atoms with E-state index in [4.69, 9.17) is 14.5 Å². The molecule has 2 aliphatic rings. The predicted molar refractivity (Wildman–Crippen MR) is 129 cm³/mol. The van der Waals surface area contributed by atoms with Gasteiger partial charge in [-0.3, -0.25) is 4.98 Å². The number of pyridine rings is 2. The van der Waals surface area contributed by atoms with Crippen LogP contribution in [0, 0.1) is 0 Å². The molecule has 1 N–H and O–H groups in total. The molecular weight excluding hydrogens is 432 g/mol. The topological polar surface area (TPSA) is 103 Å². The van der Waals surface area contributed by atoms with Crippen molar-refractivity contribution in [3.63, 3.8) is 0 Å². The Kier molecular flexibility index (Phi) is 5.58. The summed E-state index contributed by atoms with van der Waals surface area (Å²) < 4.78 is 13.9. The molecule has 0 spiro atoms. The molecule has 176 valence electrons. The van der Waals surface area contributed by atoms with Crippen LogP contribution >= 0.6 is 0 Å². The number of nitrogens with zero attached hydrogens (tertiary/aromatic N) is 7. The minimum atomic E-state index is 0.120. The molecular formula is C24H28N8O2. The minimum Gasteiger partial charge on any atom is -0.474 e. The van der Waals surface area contributed by atoms with Crippen LogP contribution in [-0.4, -0.2) is 67.9 Å². The van der Waals surface area contributed by atoms with Crippen molar-refractivity contribution in [1.29, 1.82) is 0 Å². The number of aromatic nitrogens is 6. The monoisotopic (exact) mass is 460 g/mol. The zero-order chi connectivity index (χ0) is 22.9. The third-order valence-electron chi connectivity index (χ3n) is 6.63. The van der Waals surface area contributed by atoms with Gasteiger partial charge in [-0.25, -0.2) is 9.97 Å². The van der Waals surface area contributed by atoms with E-state index in [9.17, 15) is 0 Å². The average molecular weight is 461 g/mol. The van der Waals surface area contributed by atoms with E-state index >= 15 is 0 Å². The van der Waals surface area contributed by atoms with E-state index in [1.54, 1.807) is 12.5 Å². The first-order chi connectivity index (χ1) is 16.7. The molecule has 2 fully saturated rings. The van der Waals surface area contributed by atoms with Gasteiger partial charge in [0, 0.05) is 38.4 Å². The van der Waals surface area contributed by atoms with Crippen LogP contribution in [0.3, 0.4) is 0 Å². The van der Waals surface area contributed by atoms with Crippen molar-refractivity contribution in [2.24, 2.45) is 7.05 Å². The SMILES string of the molecule is Cn1cnc2cnc(NC3CCC(Oc4nc(N5CCOCC5)cc5ncccc45)CC3)nc21. The maximum absolute atomic E-state index is 6.48. The molecule has 10 heteroatoms. The summed E-state index contributed by atoms with van der Waals surface area (Å²) in [5.41, 5.74) is 2.55. The number of rotatable bonds is 5. The van der Waals surface area contributed by atoms with E-state index in [-0.39, 0.29) is 6.10 Å². The molecule has 6 rings (SSSR count). The second-order valence-electron chi connectivity index (χ2n) is 8.95. The lowest BCUT2D eigenvalue weighted by Crippen LogP contribution is -2.37. The van der Waals surface area contributed by atoms with Crippen LogP contribution in [0.1, 0.15) is 25.7 Å². The van der Waals surface area contributed by atoms with Gasteiger partial charge in [-0.05, 0) is 37.8 Å². The molecule has 0 unspecified atom stereocenters. The van der Waals surface area contributed by atoms with Crippen molar-refractivity contribution >= 4 is 33.8 Å². The summed E-state index contributed by atoms with van der Waals surface area (Å²) >= 11 is 0. The van der Waals surface area contributed by atoms with Gasteiger partial charge >= 0.3 is 0 Å². The zero-order valence-electron chi connectivity index (χ0n) is 19.2. The van der Waals surface area contributed by atoms with Gasteiger partial charge in [-0.2, -0.15) is 9.97 Å². The van der Waals surface area contributed by atoms with E-state index in [0.717, 1.165) is 66.7 Å². The van der Waals surface area contributed by atoms with Gasteiger partial charge in [0.2, 0.25) is 11.8 Å². The molecule has 0 atom stereocenters. The second-order valence-corrected chi connectivity index (χ2v) is 8.95. The third-order valence-corrected chi connectivity index (χ3v) is 6.63. The standard InChI is InChI=1S/C24H28N8O2/c1-31-15-27-20-14-26-24(30-22(20)31)28-16-4-6-17(7-5-16)34-23-18-3-2-8-25-19(18)13-21(29-23)32-9-11-33-12-10-32/h2-3,8,13-17H,4-7,9-12H2,1H3,(H,26,28,30). The fourth-order valence-electron chi connectivity index (χ4n) is 4.73. The minimum absolute atomic E-state index is 0.120. The zero-order valence-corrected chi connectivity index (χ0v) is 19.2. The number of nitrogens with one attached hydrogen (secondary N) is 1. The van der Waals surface area contributed by atoms with E-state index in [2.05, 4.69) is 30.2 Å². The Labute approximate surface area is 197 Å². The van der Waals surface area contributed by atoms with Crippen molar-refractivity contribution in [2.75, 3.05) is 36.5 Å². The van der Waals surface area contributed by atoms with Gasteiger partial charge in [0.15, 0.2) is 5.65 Å². The Morgan fingerprint density at radius 2 is 1.88 bits per heavy atom. The summed E-state index contributed by atoms with van der Waals surface area (Å²) in [5, 5.41) is 4.45. The van der Waals surface area contributed by atoms with E-state index < -0.39 is 0 Å². The van der Waals surface area contributed by atoms with Crippen LogP contribution in [0.4, 0.5) is 11.8 Å². The summed E-state index contributed by atoms with van der Waals surface area (Å²) in [4.78, 5) is 25.0. The van der Waals surface area contributed by atoms with Crippen molar-refractivity contribution in [3.8, 4) is 5.88 Å². The fraction of sp³-hybridized carbons (Fsp3) is 0.458. The number of morpholine rings is 1. The van der Waals surface area contributed by atoms with Crippen LogP contribution in [0.2, 0.25) is 0 Å². The smallest absolute Gasteiger partial charge is 0.225 e. The molecule has 34 heavy (non-hydrogen) atoms. The van der Waals surface area contributed by atoms with Gasteiger partial charge in [-0.1, -0.05) is 0 Å². The highest BCUT2D eigenvalue weighted by atomic mass is 16.5. The number of hydrogen-bond acceptors (Lipinski definition) is 9. The Morgan fingerprint density at radius 3 is 2.74 bits per heavy atom. The Bertz CT molecular complexity index is 1290. The van der Waals surface area contributed by atoms with Crippen molar-refractivity contribution in [3.05, 3.63) is 36.9 Å². The van der Waals surface area contributed by atoms with E-state index in [1.807, 2.05) is 36.0 Å². The number of hydrogen-bond donors (Lipinski definition) is 1. The lowest BCUT2D eigenvalue weighted by Gasteiger charge is -2.31. The van der Waals surface area contributed by atoms with Crippen LogP contribution in [0.5, 0.6) is 5.88 Å². The average Bonchev–Trinajstić information content (AvgIpc) is 3.25. The molecule has 1 aliphatic heterocycles. The van der Waals surface area contributed by atoms with Crippen LogP contribution in [-0.2, 0) is 11.8 Å². The van der Waals surface area contributed by atoms with Gasteiger partial charge in [0.1, 0.15) is 17.4 Å². The molecule has 1 aliphatic carbocycles. The first-order valence-electron chi connectivity index (χ1n) is 11.9. The highest BCUT2D eigenvalue weighted by Gasteiger charge is 2.25. The number of fused-ring (bicyclic) bond motifs is 2. The molecule has 10 nitrogen and oxygen atoms in total. The Balaban J connectivity index is 1.14. The molecule has 1 saturated heterocycles. The van der Waals surface area contributed by atoms with Gasteiger partial charge in [0.25, 0.3) is 0 Å². The molecule has 4 aromatic heterocycles. The normalized spacial score (nSPS) is 21.1. The maximum Gasteiger partial charge on any atom is 0.225 e. The van der Waals surface area contributed by atoms with Gasteiger partial charge in [-0.15, -0.1) is 0 Å². The highest BCUT2D eigenvalue weighted by Crippen LogP contribution is 2.31. The summed E-state index contributed by atoms with van der Waals surface area (Å²) in [6, 6.07) is 6.34. The molecule has 1 saturated carbocycles. The van der Waals surface area contributed by atoms with Crippen LogP contribution < -0.4 is 15.0 Å². The molecule has 5 heterocycles. The molecule has 0 amide bonds. The summed E-state index contributed by atoms with van der Waals surface area (Å²) in [6.07, 6.45) is 9.31. The van der Waals surface area contributed by atoms with Crippen molar-refractivity contribution in [2.45, 2.75) is 37.8 Å². The lowest BCUT2D eigenvalue weighted by atomic mass is 9.93. The molecule has 0 radical (unpaired) electrons. The predicted octanol–water partition coefficient (Wildman–Crippen LogP) is 2.95. The lowest BCUT2D eigenvalue weighted by molar-refractivity contribution is 0.122. The van der Waals surface area contributed by atoms with E-state index in [0.29, 0.717) is 31.1 Å². The number of aryl methyl sites for hydroxylation is 1. The third kappa shape index (κ3) is 4.21. The fourth-order valence-corrected chi connectivity index (χ4v) is 4.73. The van der Waals surface area contributed by atoms with Gasteiger partial charge < -0.3 is 24.3 Å². The summed E-state index contributed by atoms with van der Waals surface area (Å²) in [5.74, 6) is 2.23. The molecule has 0 aromatic carbocycles. The summed E-state index contributed by atoms with van der Waals surface area (Å²) in [6.45, 7) is 3.08. The Morgan fingerprint density at radius 1 is 1.03 bits per heavy atom. The number of anilines is 2. The molecule has 0 bridgehead atoms. The highest BCUT2D eigenvalue weighted by molar-refractivity contribution is 5.85.